The van der Waals surface area contributed by atoms with E-state index in [4.69, 9.17) is 0 Å². The van der Waals surface area contributed by atoms with Crippen molar-refractivity contribution in [2.75, 3.05) is 0 Å². The van der Waals surface area contributed by atoms with Crippen molar-refractivity contribution in [2.24, 2.45) is 5.92 Å². The Morgan fingerprint density at radius 2 is 1.81 bits per heavy atom. The molecule has 2 heteroatoms. The van der Waals surface area contributed by atoms with Crippen LogP contribution in [0.15, 0.2) is 11.4 Å². The van der Waals surface area contributed by atoms with E-state index in [1.165, 1.54) is 55.4 Å². The first-order valence-electron chi connectivity index (χ1n) is 6.51. The molecule has 0 saturated heterocycles. The van der Waals surface area contributed by atoms with Crippen LogP contribution in [0.5, 0.6) is 0 Å². The lowest BCUT2D eigenvalue weighted by Gasteiger charge is -2.24. The molecule has 1 aromatic heterocycles. The number of aliphatic hydroxyl groups excluding tert-OH is 1. The highest BCUT2D eigenvalue weighted by atomic mass is 32.1. The Morgan fingerprint density at radius 1 is 1.19 bits per heavy atom. The predicted molar refractivity (Wildman–Crippen MR) is 69.8 cm³/mol. The zero-order chi connectivity index (χ0) is 11.4. The van der Waals surface area contributed by atoms with Crippen molar-refractivity contribution in [1.29, 1.82) is 0 Å². The maximum absolute atomic E-state index is 10.4. The Bertz CT molecular complexity index is 310. The first kappa shape index (κ1) is 12.1. The third-order valence-corrected chi connectivity index (χ3v) is 4.86. The van der Waals surface area contributed by atoms with Crippen LogP contribution in [0, 0.1) is 12.8 Å². The minimum atomic E-state index is -0.210. The van der Waals surface area contributed by atoms with Crippen molar-refractivity contribution in [2.45, 2.75) is 58.0 Å². The van der Waals surface area contributed by atoms with Gasteiger partial charge in [0.1, 0.15) is 0 Å². The van der Waals surface area contributed by atoms with Crippen LogP contribution in [0.25, 0.3) is 0 Å². The number of aryl methyl sites for hydroxylation is 1. The topological polar surface area (TPSA) is 20.2 Å². The number of hydrogen-bond donors (Lipinski definition) is 1. The summed E-state index contributed by atoms with van der Waals surface area (Å²) in [4.78, 5) is 1.20. The Labute approximate surface area is 103 Å². The highest BCUT2D eigenvalue weighted by molar-refractivity contribution is 7.10. The highest BCUT2D eigenvalue weighted by Crippen LogP contribution is 2.36. The summed E-state index contributed by atoms with van der Waals surface area (Å²) in [6.07, 6.45) is 8.90. The molecule has 1 N–H and O–H groups in total. The van der Waals surface area contributed by atoms with Crippen LogP contribution in [0.3, 0.4) is 0 Å². The van der Waals surface area contributed by atoms with Crippen LogP contribution >= 0.6 is 11.3 Å². The summed E-state index contributed by atoms with van der Waals surface area (Å²) in [6, 6.07) is 2.12. The van der Waals surface area contributed by atoms with E-state index in [1.807, 2.05) is 0 Å². The van der Waals surface area contributed by atoms with E-state index in [2.05, 4.69) is 18.4 Å². The first-order chi connectivity index (χ1) is 7.79. The maximum Gasteiger partial charge on any atom is 0.0912 e. The monoisotopic (exact) mass is 238 g/mol. The Morgan fingerprint density at radius 3 is 2.38 bits per heavy atom. The van der Waals surface area contributed by atoms with Crippen LogP contribution in [0.1, 0.15) is 61.5 Å². The quantitative estimate of drug-likeness (QED) is 0.807. The van der Waals surface area contributed by atoms with Crippen molar-refractivity contribution < 1.29 is 5.11 Å². The molecule has 1 unspecified atom stereocenters. The molecular formula is C14H22OS. The van der Waals surface area contributed by atoms with Gasteiger partial charge in [0.05, 0.1) is 6.10 Å². The van der Waals surface area contributed by atoms with E-state index >= 15 is 0 Å². The number of thiophene rings is 1. The standard InChI is InChI=1S/C14H22OS/c1-11-9-10-16-14(11)13(15)12-7-5-3-2-4-6-8-12/h9-10,12-13,15H,2-8H2,1H3. The molecule has 1 aromatic rings. The van der Waals surface area contributed by atoms with Crippen molar-refractivity contribution >= 4 is 11.3 Å². The second kappa shape index (κ2) is 5.83. The van der Waals surface area contributed by atoms with Gasteiger partial charge < -0.3 is 5.11 Å². The van der Waals surface area contributed by atoms with Gasteiger partial charge in [-0.25, -0.2) is 0 Å². The van der Waals surface area contributed by atoms with Gasteiger partial charge in [0, 0.05) is 4.88 Å². The smallest absolute Gasteiger partial charge is 0.0912 e. The van der Waals surface area contributed by atoms with Gasteiger partial charge in [-0.2, -0.15) is 0 Å². The van der Waals surface area contributed by atoms with Crippen LogP contribution in [0.4, 0.5) is 0 Å². The summed E-state index contributed by atoms with van der Waals surface area (Å²) in [5.74, 6) is 0.498. The summed E-state index contributed by atoms with van der Waals surface area (Å²) >= 11 is 1.71. The molecule has 2 rings (SSSR count). The van der Waals surface area contributed by atoms with E-state index < -0.39 is 0 Å². The second-order valence-electron chi connectivity index (χ2n) is 5.02. The van der Waals surface area contributed by atoms with Crippen molar-refractivity contribution in [3.63, 3.8) is 0 Å². The molecule has 0 radical (unpaired) electrons. The van der Waals surface area contributed by atoms with Gasteiger partial charge in [-0.1, -0.05) is 32.1 Å². The Kier molecular flexibility index (Phi) is 4.42. The first-order valence-corrected chi connectivity index (χ1v) is 7.39. The van der Waals surface area contributed by atoms with E-state index in [0.717, 1.165) is 0 Å². The number of hydrogen-bond acceptors (Lipinski definition) is 2. The van der Waals surface area contributed by atoms with Crippen LogP contribution in [-0.2, 0) is 0 Å². The van der Waals surface area contributed by atoms with Crippen LogP contribution in [-0.4, -0.2) is 5.11 Å². The molecular weight excluding hydrogens is 216 g/mol. The van der Waals surface area contributed by atoms with Crippen molar-refractivity contribution in [3.8, 4) is 0 Å². The summed E-state index contributed by atoms with van der Waals surface area (Å²) in [5.41, 5.74) is 1.26. The Hall–Kier alpha value is -0.340. The summed E-state index contributed by atoms with van der Waals surface area (Å²) in [5, 5.41) is 12.5. The molecule has 1 nitrogen and oxygen atoms in total. The van der Waals surface area contributed by atoms with Crippen molar-refractivity contribution in [3.05, 3.63) is 21.9 Å². The minimum Gasteiger partial charge on any atom is -0.387 e. The van der Waals surface area contributed by atoms with Gasteiger partial charge in [0.2, 0.25) is 0 Å². The van der Waals surface area contributed by atoms with E-state index in [0.29, 0.717) is 5.92 Å². The van der Waals surface area contributed by atoms with Gasteiger partial charge in [0.15, 0.2) is 0 Å². The molecule has 0 amide bonds. The summed E-state index contributed by atoms with van der Waals surface area (Å²) < 4.78 is 0. The van der Waals surface area contributed by atoms with Gasteiger partial charge >= 0.3 is 0 Å². The fourth-order valence-electron chi connectivity index (χ4n) is 2.70. The lowest BCUT2D eigenvalue weighted by molar-refractivity contribution is 0.0939. The fourth-order valence-corrected chi connectivity index (χ4v) is 3.71. The third-order valence-electron chi connectivity index (χ3n) is 3.77. The molecule has 1 atom stereocenters. The molecule has 16 heavy (non-hydrogen) atoms. The SMILES string of the molecule is Cc1ccsc1C(O)C1CCCCCCC1. The van der Waals surface area contributed by atoms with Crippen LogP contribution < -0.4 is 0 Å². The molecule has 0 aromatic carbocycles. The molecule has 1 aliphatic rings. The molecule has 0 aliphatic heterocycles. The summed E-state index contributed by atoms with van der Waals surface area (Å²) in [7, 11) is 0. The molecule has 1 saturated carbocycles. The average molecular weight is 238 g/mol. The maximum atomic E-state index is 10.4. The number of rotatable bonds is 2. The summed E-state index contributed by atoms with van der Waals surface area (Å²) in [6.45, 7) is 2.11. The van der Waals surface area contributed by atoms with E-state index in [9.17, 15) is 5.11 Å². The van der Waals surface area contributed by atoms with Gasteiger partial charge in [-0.05, 0) is 42.7 Å². The molecule has 1 aliphatic carbocycles. The normalized spacial score (nSPS) is 21.4. The molecule has 0 bridgehead atoms. The molecule has 90 valence electrons. The highest BCUT2D eigenvalue weighted by Gasteiger charge is 2.23. The molecule has 1 fully saturated rings. The average Bonchev–Trinajstić information content (AvgIpc) is 2.63. The lowest BCUT2D eigenvalue weighted by atomic mass is 9.86. The zero-order valence-corrected chi connectivity index (χ0v) is 10.9. The van der Waals surface area contributed by atoms with E-state index in [-0.39, 0.29) is 6.10 Å². The predicted octanol–water partition coefficient (Wildman–Crippen LogP) is 4.45. The second-order valence-corrected chi connectivity index (χ2v) is 5.97. The zero-order valence-electron chi connectivity index (χ0n) is 10.1. The molecule has 0 spiro atoms. The Balaban J connectivity index is 2.02. The van der Waals surface area contributed by atoms with E-state index in [1.54, 1.807) is 11.3 Å². The van der Waals surface area contributed by atoms with Crippen molar-refractivity contribution in [1.82, 2.24) is 0 Å². The van der Waals surface area contributed by atoms with Gasteiger partial charge in [-0.3, -0.25) is 0 Å². The minimum absolute atomic E-state index is 0.210. The fraction of sp³-hybridized carbons (Fsp3) is 0.714. The van der Waals surface area contributed by atoms with Crippen LogP contribution in [0.2, 0.25) is 0 Å². The lowest BCUT2D eigenvalue weighted by Crippen LogP contribution is -2.14. The molecule has 1 heterocycles. The largest absolute Gasteiger partial charge is 0.387 e. The number of aliphatic hydroxyl groups is 1. The van der Waals surface area contributed by atoms with Gasteiger partial charge in [0.25, 0.3) is 0 Å². The third kappa shape index (κ3) is 2.86. The van der Waals surface area contributed by atoms with Gasteiger partial charge in [-0.15, -0.1) is 11.3 Å².